The molecule has 1 atom stereocenters. The Kier molecular flexibility index (Phi) is 3.17. The van der Waals surface area contributed by atoms with E-state index in [9.17, 15) is 0 Å². The van der Waals surface area contributed by atoms with Crippen molar-refractivity contribution < 1.29 is 4.74 Å². The summed E-state index contributed by atoms with van der Waals surface area (Å²) in [5, 5.41) is 3.31. The molecule has 1 fully saturated rings. The van der Waals surface area contributed by atoms with Crippen molar-refractivity contribution in [2.75, 3.05) is 7.05 Å². The number of hydrogen-bond donors (Lipinski definition) is 1. The third-order valence-electron chi connectivity index (χ3n) is 4.17. The lowest BCUT2D eigenvalue weighted by Crippen LogP contribution is -2.44. The van der Waals surface area contributed by atoms with Crippen LogP contribution in [0, 0.1) is 0 Å². The van der Waals surface area contributed by atoms with Gasteiger partial charge in [0, 0.05) is 6.04 Å². The summed E-state index contributed by atoms with van der Waals surface area (Å²) in [7, 11) is 2.04. The van der Waals surface area contributed by atoms with Crippen molar-refractivity contribution >= 4 is 0 Å². The van der Waals surface area contributed by atoms with Crippen molar-refractivity contribution in [1.82, 2.24) is 5.32 Å². The zero-order chi connectivity index (χ0) is 11.7. The minimum atomic E-state index is 0.350. The number of aryl methyl sites for hydroxylation is 1. The zero-order valence-corrected chi connectivity index (χ0v) is 10.5. The summed E-state index contributed by atoms with van der Waals surface area (Å²) in [5.41, 5.74) is 2.93. The molecule has 0 aromatic heterocycles. The first-order valence-electron chi connectivity index (χ1n) is 6.77. The van der Waals surface area contributed by atoms with Gasteiger partial charge in [-0.1, -0.05) is 24.3 Å². The van der Waals surface area contributed by atoms with Crippen molar-refractivity contribution in [3.8, 4) is 0 Å². The fraction of sp³-hybridized carbons (Fsp3) is 0.600. The molecule has 1 N–H and O–H groups in total. The van der Waals surface area contributed by atoms with E-state index in [0.29, 0.717) is 18.2 Å². The van der Waals surface area contributed by atoms with Gasteiger partial charge < -0.3 is 10.1 Å². The lowest BCUT2D eigenvalue weighted by atomic mass is 9.86. The highest BCUT2D eigenvalue weighted by atomic mass is 16.5. The average molecular weight is 231 g/mol. The van der Waals surface area contributed by atoms with Gasteiger partial charge in [-0.3, -0.25) is 0 Å². The van der Waals surface area contributed by atoms with E-state index >= 15 is 0 Å². The summed E-state index contributed by atoms with van der Waals surface area (Å²) in [6.07, 6.45) is 6.86. The zero-order valence-electron chi connectivity index (χ0n) is 10.5. The maximum Gasteiger partial charge on any atom is 0.0831 e. The fourth-order valence-electron chi connectivity index (χ4n) is 3.00. The Morgan fingerprint density at radius 3 is 2.88 bits per heavy atom. The lowest BCUT2D eigenvalue weighted by Gasteiger charge is -2.38. The van der Waals surface area contributed by atoms with E-state index in [0.717, 1.165) is 0 Å². The molecule has 2 aliphatic carbocycles. The van der Waals surface area contributed by atoms with Gasteiger partial charge in [0.05, 0.1) is 12.2 Å². The fourth-order valence-corrected chi connectivity index (χ4v) is 3.00. The molecule has 17 heavy (non-hydrogen) atoms. The maximum atomic E-state index is 6.25. The second kappa shape index (κ2) is 4.79. The van der Waals surface area contributed by atoms with Gasteiger partial charge in [-0.05, 0) is 50.3 Å². The highest BCUT2D eigenvalue weighted by molar-refractivity contribution is 5.31. The third-order valence-corrected chi connectivity index (χ3v) is 4.17. The van der Waals surface area contributed by atoms with Crippen LogP contribution in [0.5, 0.6) is 0 Å². The molecule has 2 aliphatic rings. The van der Waals surface area contributed by atoms with Crippen LogP contribution in [-0.2, 0) is 11.2 Å². The first kappa shape index (κ1) is 11.2. The van der Waals surface area contributed by atoms with Gasteiger partial charge >= 0.3 is 0 Å². The van der Waals surface area contributed by atoms with Gasteiger partial charge in [-0.25, -0.2) is 0 Å². The topological polar surface area (TPSA) is 21.3 Å². The predicted molar refractivity (Wildman–Crippen MR) is 69.1 cm³/mol. The van der Waals surface area contributed by atoms with E-state index in [1.807, 2.05) is 7.05 Å². The minimum absolute atomic E-state index is 0.350. The number of benzene rings is 1. The van der Waals surface area contributed by atoms with Crippen LogP contribution in [-0.4, -0.2) is 19.2 Å². The van der Waals surface area contributed by atoms with E-state index in [1.165, 1.54) is 43.2 Å². The molecule has 92 valence electrons. The van der Waals surface area contributed by atoms with Crippen LogP contribution < -0.4 is 5.32 Å². The summed E-state index contributed by atoms with van der Waals surface area (Å²) in [5.74, 6) is 0. The molecule has 1 aromatic carbocycles. The van der Waals surface area contributed by atoms with Crippen molar-refractivity contribution in [2.45, 2.75) is 50.4 Å². The molecule has 0 amide bonds. The minimum Gasteiger partial charge on any atom is -0.370 e. The van der Waals surface area contributed by atoms with Crippen molar-refractivity contribution in [3.63, 3.8) is 0 Å². The molecule has 0 saturated heterocycles. The molecule has 0 heterocycles. The van der Waals surface area contributed by atoms with Crippen molar-refractivity contribution in [2.24, 2.45) is 0 Å². The Morgan fingerprint density at radius 1 is 1.24 bits per heavy atom. The molecule has 0 radical (unpaired) electrons. The smallest absolute Gasteiger partial charge is 0.0831 e. The second-order valence-electron chi connectivity index (χ2n) is 5.29. The standard InChI is InChI=1S/C15H21NO/c1-16-12-9-13(10-12)17-15-8-4-6-11-5-2-3-7-14(11)15/h2-3,5,7,12-13,15-16H,4,6,8-10H2,1H3. The normalized spacial score (nSPS) is 31.7. The number of hydrogen-bond acceptors (Lipinski definition) is 2. The SMILES string of the molecule is CNC1CC(OC2CCCc3ccccc32)C1. The largest absolute Gasteiger partial charge is 0.370 e. The van der Waals surface area contributed by atoms with Gasteiger partial charge in [0.15, 0.2) is 0 Å². The van der Waals surface area contributed by atoms with Crippen LogP contribution in [0.4, 0.5) is 0 Å². The average Bonchev–Trinajstić information content (AvgIpc) is 2.33. The molecule has 3 rings (SSSR count). The van der Waals surface area contributed by atoms with Gasteiger partial charge in [-0.2, -0.15) is 0 Å². The quantitative estimate of drug-likeness (QED) is 0.863. The molecule has 1 saturated carbocycles. The highest BCUT2D eigenvalue weighted by Crippen LogP contribution is 2.36. The molecule has 1 aromatic rings. The Morgan fingerprint density at radius 2 is 2.06 bits per heavy atom. The monoisotopic (exact) mass is 231 g/mol. The second-order valence-corrected chi connectivity index (χ2v) is 5.29. The molecule has 0 aliphatic heterocycles. The maximum absolute atomic E-state index is 6.25. The molecule has 0 bridgehead atoms. The Balaban J connectivity index is 1.65. The first-order chi connectivity index (χ1) is 8.36. The van der Waals surface area contributed by atoms with E-state index < -0.39 is 0 Å². The summed E-state index contributed by atoms with van der Waals surface area (Å²) in [6.45, 7) is 0. The van der Waals surface area contributed by atoms with Gasteiger partial charge in [0.1, 0.15) is 0 Å². The van der Waals surface area contributed by atoms with Crippen LogP contribution >= 0.6 is 0 Å². The van der Waals surface area contributed by atoms with Crippen molar-refractivity contribution in [3.05, 3.63) is 35.4 Å². The summed E-state index contributed by atoms with van der Waals surface area (Å²) in [6, 6.07) is 9.45. The van der Waals surface area contributed by atoms with Crippen LogP contribution in [0.25, 0.3) is 0 Å². The van der Waals surface area contributed by atoms with E-state index in [4.69, 9.17) is 4.74 Å². The van der Waals surface area contributed by atoms with Gasteiger partial charge in [0.2, 0.25) is 0 Å². The number of fused-ring (bicyclic) bond motifs is 1. The van der Waals surface area contributed by atoms with E-state index in [-0.39, 0.29) is 0 Å². The number of ether oxygens (including phenoxy) is 1. The predicted octanol–water partition coefficient (Wildman–Crippen LogP) is 2.83. The van der Waals surface area contributed by atoms with Gasteiger partial charge in [0.25, 0.3) is 0 Å². The lowest BCUT2D eigenvalue weighted by molar-refractivity contribution is -0.0712. The van der Waals surface area contributed by atoms with Crippen LogP contribution in [0.3, 0.4) is 0 Å². The number of nitrogens with one attached hydrogen (secondary N) is 1. The molecule has 0 spiro atoms. The van der Waals surface area contributed by atoms with Crippen LogP contribution in [0.2, 0.25) is 0 Å². The van der Waals surface area contributed by atoms with Crippen LogP contribution in [0.15, 0.2) is 24.3 Å². The molecule has 2 heteroatoms. The Labute approximate surface area is 103 Å². The Hall–Kier alpha value is -0.860. The highest BCUT2D eigenvalue weighted by Gasteiger charge is 2.32. The molecular weight excluding hydrogens is 210 g/mol. The number of rotatable bonds is 3. The molecule has 1 unspecified atom stereocenters. The van der Waals surface area contributed by atoms with Crippen LogP contribution in [0.1, 0.15) is 42.9 Å². The van der Waals surface area contributed by atoms with E-state index in [1.54, 1.807) is 0 Å². The summed E-state index contributed by atoms with van der Waals surface area (Å²) >= 11 is 0. The van der Waals surface area contributed by atoms with Crippen molar-refractivity contribution in [1.29, 1.82) is 0 Å². The summed E-state index contributed by atoms with van der Waals surface area (Å²) < 4.78 is 6.25. The Bertz CT molecular complexity index is 384. The molecular formula is C15H21NO. The molecule has 2 nitrogen and oxygen atoms in total. The van der Waals surface area contributed by atoms with E-state index in [2.05, 4.69) is 29.6 Å². The first-order valence-corrected chi connectivity index (χ1v) is 6.77. The third kappa shape index (κ3) is 2.24. The van der Waals surface area contributed by atoms with Gasteiger partial charge in [-0.15, -0.1) is 0 Å². The summed E-state index contributed by atoms with van der Waals surface area (Å²) in [4.78, 5) is 0.